The summed E-state index contributed by atoms with van der Waals surface area (Å²) in [4.78, 5) is 20.3. The van der Waals surface area contributed by atoms with Crippen molar-refractivity contribution in [2.75, 3.05) is 46.4 Å². The van der Waals surface area contributed by atoms with Crippen molar-refractivity contribution in [2.24, 2.45) is 5.92 Å². The quantitative estimate of drug-likeness (QED) is 0.742. The van der Waals surface area contributed by atoms with Crippen molar-refractivity contribution in [2.45, 2.75) is 64.1 Å². The lowest BCUT2D eigenvalue weighted by atomic mass is 9.91. The highest BCUT2D eigenvalue weighted by Crippen LogP contribution is 2.27. The van der Waals surface area contributed by atoms with Crippen LogP contribution in [0.1, 0.15) is 49.7 Å². The van der Waals surface area contributed by atoms with Crippen molar-refractivity contribution in [3.05, 3.63) is 35.4 Å². The van der Waals surface area contributed by atoms with E-state index < -0.39 is 0 Å². The van der Waals surface area contributed by atoms with E-state index >= 15 is 0 Å². The topological polar surface area (TPSA) is 36.0 Å². The van der Waals surface area contributed by atoms with E-state index in [1.807, 2.05) is 0 Å². The van der Waals surface area contributed by atoms with Crippen molar-refractivity contribution in [3.63, 3.8) is 0 Å². The lowest BCUT2D eigenvalue weighted by Crippen LogP contribution is -2.50. The first-order valence-electron chi connectivity index (χ1n) is 12.0. The molecule has 3 saturated heterocycles. The van der Waals surface area contributed by atoms with Crippen molar-refractivity contribution in [1.29, 1.82) is 0 Å². The number of benzene rings is 1. The predicted molar refractivity (Wildman–Crippen MR) is 120 cm³/mol. The number of rotatable bonds is 5. The van der Waals surface area contributed by atoms with E-state index in [0.29, 0.717) is 18.1 Å². The number of ether oxygens (including phenoxy) is 1. The summed E-state index contributed by atoms with van der Waals surface area (Å²) in [6, 6.07) is 9.46. The third kappa shape index (κ3) is 5.24. The van der Waals surface area contributed by atoms with Gasteiger partial charge in [0, 0.05) is 38.7 Å². The minimum atomic E-state index is 0.237. The molecule has 1 aromatic carbocycles. The highest BCUT2D eigenvalue weighted by Gasteiger charge is 2.33. The van der Waals surface area contributed by atoms with Crippen molar-refractivity contribution < 1.29 is 9.53 Å². The van der Waals surface area contributed by atoms with Gasteiger partial charge < -0.3 is 14.5 Å². The third-order valence-corrected chi connectivity index (χ3v) is 7.69. The number of carbonyl (C=O) groups is 1. The zero-order chi connectivity index (χ0) is 20.9. The first-order chi connectivity index (χ1) is 14.6. The van der Waals surface area contributed by atoms with Crippen LogP contribution in [0.25, 0.3) is 0 Å². The maximum Gasteiger partial charge on any atom is 0.225 e. The lowest BCUT2D eigenvalue weighted by molar-refractivity contribution is -0.139. The van der Waals surface area contributed by atoms with Crippen LogP contribution in [0.15, 0.2) is 24.3 Å². The van der Waals surface area contributed by atoms with E-state index in [2.05, 4.69) is 45.9 Å². The molecule has 0 radical (unpaired) electrons. The van der Waals surface area contributed by atoms with E-state index in [1.165, 1.54) is 37.1 Å². The van der Waals surface area contributed by atoms with Gasteiger partial charge in [0.1, 0.15) is 0 Å². The summed E-state index contributed by atoms with van der Waals surface area (Å²) in [5, 5.41) is 0. The minimum Gasteiger partial charge on any atom is -0.381 e. The average Bonchev–Trinajstić information content (AvgIpc) is 2.81. The summed E-state index contributed by atoms with van der Waals surface area (Å²) in [6.07, 6.45) is 6.90. The van der Waals surface area contributed by atoms with Crippen LogP contribution in [0.4, 0.5) is 0 Å². The van der Waals surface area contributed by atoms with Gasteiger partial charge in [-0.25, -0.2) is 0 Å². The second-order valence-corrected chi connectivity index (χ2v) is 9.50. The Morgan fingerprint density at radius 1 is 0.933 bits per heavy atom. The standard InChI is InChI=1S/C25H39N3O2/c1-20-5-3-4-6-22(20)19-26-13-9-23(10-14-26)27-15-7-21(8-16-27)25(29)28-17-11-24(30-2)12-18-28/h3-6,21,23-24H,7-19H2,1-2H3. The third-order valence-electron chi connectivity index (χ3n) is 7.69. The average molecular weight is 414 g/mol. The molecule has 0 spiro atoms. The fourth-order valence-corrected chi connectivity index (χ4v) is 5.55. The van der Waals surface area contributed by atoms with Crippen LogP contribution in [0.5, 0.6) is 0 Å². The summed E-state index contributed by atoms with van der Waals surface area (Å²) in [7, 11) is 1.78. The van der Waals surface area contributed by atoms with Gasteiger partial charge in [-0.3, -0.25) is 9.69 Å². The van der Waals surface area contributed by atoms with Crippen LogP contribution in [-0.2, 0) is 16.1 Å². The molecule has 0 aromatic heterocycles. The zero-order valence-corrected chi connectivity index (χ0v) is 18.9. The van der Waals surface area contributed by atoms with E-state index in [9.17, 15) is 4.79 Å². The Morgan fingerprint density at radius 3 is 2.23 bits per heavy atom. The Morgan fingerprint density at radius 2 is 1.60 bits per heavy atom. The normalized spacial score (nSPS) is 23.7. The SMILES string of the molecule is COC1CCN(C(=O)C2CCN(C3CCN(Cc4ccccc4C)CC3)CC2)CC1. The lowest BCUT2D eigenvalue weighted by Gasteiger charge is -2.42. The first-order valence-corrected chi connectivity index (χ1v) is 12.0. The largest absolute Gasteiger partial charge is 0.381 e. The molecule has 1 aromatic rings. The number of nitrogens with zero attached hydrogens (tertiary/aromatic N) is 3. The van der Waals surface area contributed by atoms with Crippen LogP contribution in [0, 0.1) is 12.8 Å². The van der Waals surface area contributed by atoms with E-state index in [0.717, 1.165) is 58.4 Å². The smallest absolute Gasteiger partial charge is 0.225 e. The molecular weight excluding hydrogens is 374 g/mol. The van der Waals surface area contributed by atoms with Gasteiger partial charge in [-0.1, -0.05) is 24.3 Å². The van der Waals surface area contributed by atoms with E-state index in [4.69, 9.17) is 4.74 Å². The van der Waals surface area contributed by atoms with E-state index in [1.54, 1.807) is 7.11 Å². The number of hydrogen-bond donors (Lipinski definition) is 0. The number of piperidine rings is 3. The summed E-state index contributed by atoms with van der Waals surface area (Å²) < 4.78 is 5.44. The van der Waals surface area contributed by atoms with Crippen molar-refractivity contribution in [1.82, 2.24) is 14.7 Å². The van der Waals surface area contributed by atoms with Crippen molar-refractivity contribution >= 4 is 5.91 Å². The minimum absolute atomic E-state index is 0.237. The molecule has 3 aliphatic heterocycles. The molecule has 0 atom stereocenters. The summed E-state index contributed by atoms with van der Waals surface area (Å²) in [5.41, 5.74) is 2.86. The number of carbonyl (C=O) groups excluding carboxylic acids is 1. The molecule has 30 heavy (non-hydrogen) atoms. The molecule has 0 saturated carbocycles. The molecule has 5 heteroatoms. The van der Waals surface area contributed by atoms with Crippen molar-refractivity contribution in [3.8, 4) is 0 Å². The van der Waals surface area contributed by atoms with Crippen LogP contribution < -0.4 is 0 Å². The monoisotopic (exact) mass is 413 g/mol. The highest BCUT2D eigenvalue weighted by atomic mass is 16.5. The first kappa shape index (κ1) is 21.8. The van der Waals surface area contributed by atoms with Gasteiger partial charge in [0.05, 0.1) is 6.10 Å². The molecule has 3 aliphatic rings. The van der Waals surface area contributed by atoms with Gasteiger partial charge in [-0.15, -0.1) is 0 Å². The van der Waals surface area contributed by atoms with E-state index in [-0.39, 0.29) is 5.92 Å². The number of likely N-dealkylation sites (tertiary alicyclic amines) is 3. The Hall–Kier alpha value is -1.43. The Labute approximate surface area is 182 Å². The maximum absolute atomic E-state index is 12.9. The molecular formula is C25H39N3O2. The molecule has 1 amide bonds. The highest BCUT2D eigenvalue weighted by molar-refractivity contribution is 5.79. The number of hydrogen-bond acceptors (Lipinski definition) is 4. The predicted octanol–water partition coefficient (Wildman–Crippen LogP) is 3.31. The zero-order valence-electron chi connectivity index (χ0n) is 18.9. The van der Waals surface area contributed by atoms with Gasteiger partial charge in [0.15, 0.2) is 0 Å². The van der Waals surface area contributed by atoms with Crippen LogP contribution in [0.3, 0.4) is 0 Å². The number of amides is 1. The fourth-order valence-electron chi connectivity index (χ4n) is 5.55. The molecule has 3 fully saturated rings. The molecule has 166 valence electrons. The Bertz CT molecular complexity index is 685. The van der Waals surface area contributed by atoms with Crippen LogP contribution >= 0.6 is 0 Å². The molecule has 0 unspecified atom stereocenters. The molecule has 0 N–H and O–H groups in total. The molecule has 0 aliphatic carbocycles. The Balaban J connectivity index is 1.19. The summed E-state index contributed by atoms with van der Waals surface area (Å²) in [5.74, 6) is 0.638. The number of aryl methyl sites for hydroxylation is 1. The number of methoxy groups -OCH3 is 1. The fraction of sp³-hybridized carbons (Fsp3) is 0.720. The Kier molecular flexibility index (Phi) is 7.45. The van der Waals surface area contributed by atoms with Gasteiger partial charge in [0.2, 0.25) is 5.91 Å². The molecule has 0 bridgehead atoms. The molecule has 3 heterocycles. The van der Waals surface area contributed by atoms with Gasteiger partial charge in [-0.05, 0) is 82.8 Å². The van der Waals surface area contributed by atoms with Gasteiger partial charge in [-0.2, -0.15) is 0 Å². The van der Waals surface area contributed by atoms with Gasteiger partial charge >= 0.3 is 0 Å². The maximum atomic E-state index is 12.9. The summed E-state index contributed by atoms with van der Waals surface area (Å²) >= 11 is 0. The van der Waals surface area contributed by atoms with Crippen LogP contribution in [0.2, 0.25) is 0 Å². The second kappa shape index (κ2) is 10.3. The summed E-state index contributed by atoms with van der Waals surface area (Å²) in [6.45, 7) is 9.59. The van der Waals surface area contributed by atoms with Gasteiger partial charge in [0.25, 0.3) is 0 Å². The molecule has 4 rings (SSSR count). The molecule has 5 nitrogen and oxygen atoms in total. The second-order valence-electron chi connectivity index (χ2n) is 9.50. The van der Waals surface area contributed by atoms with Crippen LogP contribution in [-0.4, -0.2) is 79.1 Å².